The molecule has 0 saturated heterocycles. The Bertz CT molecular complexity index is 729. The maximum absolute atomic E-state index is 12.3. The quantitative estimate of drug-likeness (QED) is 0.939. The van der Waals surface area contributed by atoms with Gasteiger partial charge in [-0.05, 0) is 26.8 Å². The van der Waals surface area contributed by atoms with Crippen LogP contribution in [0.25, 0.3) is 0 Å². The van der Waals surface area contributed by atoms with Gasteiger partial charge in [0.15, 0.2) is 0 Å². The second-order valence-corrected chi connectivity index (χ2v) is 5.52. The molecular formula is C17H19N3O3. The number of anilines is 1. The molecule has 0 spiro atoms. The minimum atomic E-state index is -0.329. The van der Waals surface area contributed by atoms with Gasteiger partial charge in [0.2, 0.25) is 0 Å². The fourth-order valence-corrected chi connectivity index (χ4v) is 2.51. The van der Waals surface area contributed by atoms with Crippen molar-refractivity contribution in [3.05, 3.63) is 41.5 Å². The lowest BCUT2D eigenvalue weighted by atomic mass is 10.1. The van der Waals surface area contributed by atoms with Crippen LogP contribution in [-0.4, -0.2) is 28.6 Å². The molecule has 0 unspecified atom stereocenters. The summed E-state index contributed by atoms with van der Waals surface area (Å²) in [6.07, 6.45) is 3.99. The van der Waals surface area contributed by atoms with Crippen molar-refractivity contribution in [1.82, 2.24) is 9.97 Å². The number of benzene rings is 1. The van der Waals surface area contributed by atoms with E-state index in [0.717, 1.165) is 23.4 Å². The molecule has 1 atom stereocenters. The summed E-state index contributed by atoms with van der Waals surface area (Å²) in [4.78, 5) is 20.5. The van der Waals surface area contributed by atoms with Crippen LogP contribution >= 0.6 is 0 Å². The molecule has 3 rings (SSSR count). The highest BCUT2D eigenvalue weighted by Crippen LogP contribution is 2.38. The molecule has 6 heteroatoms. The number of aryl methyl sites for hydroxylation is 1. The van der Waals surface area contributed by atoms with E-state index >= 15 is 0 Å². The Kier molecular flexibility index (Phi) is 4.14. The molecule has 1 aromatic carbocycles. The van der Waals surface area contributed by atoms with Gasteiger partial charge < -0.3 is 14.8 Å². The van der Waals surface area contributed by atoms with E-state index in [1.165, 1.54) is 6.20 Å². The van der Waals surface area contributed by atoms with Gasteiger partial charge >= 0.3 is 0 Å². The van der Waals surface area contributed by atoms with E-state index in [1.807, 2.05) is 32.9 Å². The second-order valence-electron chi connectivity index (χ2n) is 5.52. The van der Waals surface area contributed by atoms with Gasteiger partial charge in [0.25, 0.3) is 5.91 Å². The van der Waals surface area contributed by atoms with Crippen LogP contribution in [0.5, 0.6) is 11.5 Å². The van der Waals surface area contributed by atoms with Crippen molar-refractivity contribution in [2.75, 3.05) is 11.9 Å². The third kappa shape index (κ3) is 3.26. The zero-order chi connectivity index (χ0) is 16.4. The summed E-state index contributed by atoms with van der Waals surface area (Å²) in [6, 6.07) is 3.74. The molecular weight excluding hydrogens is 294 g/mol. The van der Waals surface area contributed by atoms with Gasteiger partial charge in [-0.1, -0.05) is 0 Å². The third-order valence-electron chi connectivity index (χ3n) is 3.56. The Morgan fingerprint density at radius 1 is 1.39 bits per heavy atom. The molecule has 6 nitrogen and oxygen atoms in total. The summed E-state index contributed by atoms with van der Waals surface area (Å²) >= 11 is 0. The van der Waals surface area contributed by atoms with Crippen LogP contribution in [-0.2, 0) is 6.42 Å². The molecule has 0 radical (unpaired) electrons. The first-order valence-corrected chi connectivity index (χ1v) is 7.63. The Morgan fingerprint density at radius 3 is 2.91 bits per heavy atom. The number of rotatable bonds is 4. The zero-order valence-corrected chi connectivity index (χ0v) is 13.4. The molecule has 2 heterocycles. The first-order valence-electron chi connectivity index (χ1n) is 7.63. The van der Waals surface area contributed by atoms with Gasteiger partial charge in [-0.3, -0.25) is 9.78 Å². The molecule has 0 bridgehead atoms. The first kappa shape index (κ1) is 15.3. The Balaban J connectivity index is 1.88. The van der Waals surface area contributed by atoms with Crippen molar-refractivity contribution in [1.29, 1.82) is 0 Å². The number of ether oxygens (including phenoxy) is 2. The molecule has 0 fully saturated rings. The van der Waals surface area contributed by atoms with Crippen molar-refractivity contribution in [3.8, 4) is 11.5 Å². The standard InChI is InChI=1S/C17H19N3O3/c1-4-22-16-6-12-5-11(3)23-15(12)7-13(16)20-17(21)14-9-18-10(2)8-19-14/h6-9,11H,4-5H2,1-3H3,(H,20,21)/t11-/m1/s1. The smallest absolute Gasteiger partial charge is 0.275 e. The van der Waals surface area contributed by atoms with Gasteiger partial charge in [-0.2, -0.15) is 0 Å². The highest BCUT2D eigenvalue weighted by molar-refractivity contribution is 6.03. The van der Waals surface area contributed by atoms with Crippen molar-refractivity contribution in [3.63, 3.8) is 0 Å². The summed E-state index contributed by atoms with van der Waals surface area (Å²) in [5.41, 5.74) is 2.69. The number of fused-ring (bicyclic) bond motifs is 1. The van der Waals surface area contributed by atoms with Crippen LogP contribution < -0.4 is 14.8 Å². The van der Waals surface area contributed by atoms with E-state index < -0.39 is 0 Å². The van der Waals surface area contributed by atoms with Gasteiger partial charge in [0.1, 0.15) is 23.3 Å². The van der Waals surface area contributed by atoms with Gasteiger partial charge in [-0.15, -0.1) is 0 Å². The predicted octanol–water partition coefficient (Wildman–Crippen LogP) is 2.76. The van der Waals surface area contributed by atoms with Crippen molar-refractivity contribution in [2.24, 2.45) is 0 Å². The normalized spacial score (nSPS) is 15.7. The number of hydrogen-bond acceptors (Lipinski definition) is 5. The maximum atomic E-state index is 12.3. The largest absolute Gasteiger partial charge is 0.492 e. The minimum absolute atomic E-state index is 0.133. The molecule has 2 aromatic rings. The molecule has 1 aromatic heterocycles. The Hall–Kier alpha value is -2.63. The van der Waals surface area contributed by atoms with Gasteiger partial charge in [0, 0.05) is 24.2 Å². The SMILES string of the molecule is CCOc1cc2c(cc1NC(=O)c1cnc(C)cn1)O[C@H](C)C2. The van der Waals surface area contributed by atoms with E-state index in [2.05, 4.69) is 15.3 Å². The predicted molar refractivity (Wildman–Crippen MR) is 86.1 cm³/mol. The fraction of sp³-hybridized carbons (Fsp3) is 0.353. The van der Waals surface area contributed by atoms with Gasteiger partial charge in [-0.25, -0.2) is 4.98 Å². The summed E-state index contributed by atoms with van der Waals surface area (Å²) < 4.78 is 11.4. The first-order chi connectivity index (χ1) is 11.1. The maximum Gasteiger partial charge on any atom is 0.275 e. The molecule has 0 saturated carbocycles. The van der Waals surface area contributed by atoms with E-state index in [9.17, 15) is 4.79 Å². The van der Waals surface area contributed by atoms with E-state index in [4.69, 9.17) is 9.47 Å². The van der Waals surface area contributed by atoms with Crippen molar-refractivity contribution < 1.29 is 14.3 Å². The zero-order valence-electron chi connectivity index (χ0n) is 13.4. The monoisotopic (exact) mass is 313 g/mol. The lowest BCUT2D eigenvalue weighted by molar-refractivity contribution is 0.102. The number of carbonyl (C=O) groups is 1. The number of amides is 1. The van der Waals surface area contributed by atoms with Crippen LogP contribution in [0.2, 0.25) is 0 Å². The fourth-order valence-electron chi connectivity index (χ4n) is 2.51. The Morgan fingerprint density at radius 2 is 2.22 bits per heavy atom. The molecule has 1 N–H and O–H groups in total. The second kappa shape index (κ2) is 6.24. The Labute approximate surface area is 134 Å². The number of aromatic nitrogens is 2. The van der Waals surface area contributed by atoms with Crippen LogP contribution in [0.4, 0.5) is 5.69 Å². The van der Waals surface area contributed by atoms with E-state index in [1.54, 1.807) is 6.20 Å². The summed E-state index contributed by atoms with van der Waals surface area (Å²) in [6.45, 7) is 6.26. The molecule has 1 amide bonds. The third-order valence-corrected chi connectivity index (χ3v) is 3.56. The molecule has 1 aliphatic rings. The van der Waals surface area contributed by atoms with Crippen LogP contribution in [0.15, 0.2) is 24.5 Å². The van der Waals surface area contributed by atoms with E-state index in [-0.39, 0.29) is 17.7 Å². The van der Waals surface area contributed by atoms with Crippen molar-refractivity contribution in [2.45, 2.75) is 33.3 Å². The molecule has 1 aliphatic heterocycles. The average molecular weight is 313 g/mol. The van der Waals surface area contributed by atoms with Crippen LogP contribution in [0.3, 0.4) is 0 Å². The lowest BCUT2D eigenvalue weighted by Crippen LogP contribution is -2.15. The summed E-state index contributed by atoms with van der Waals surface area (Å²) in [5, 5.41) is 2.83. The molecule has 23 heavy (non-hydrogen) atoms. The number of nitrogens with zero attached hydrogens (tertiary/aromatic N) is 2. The highest BCUT2D eigenvalue weighted by atomic mass is 16.5. The van der Waals surface area contributed by atoms with Crippen LogP contribution in [0, 0.1) is 6.92 Å². The van der Waals surface area contributed by atoms with Crippen molar-refractivity contribution >= 4 is 11.6 Å². The number of nitrogens with one attached hydrogen (secondary N) is 1. The molecule has 0 aliphatic carbocycles. The number of hydrogen-bond donors (Lipinski definition) is 1. The van der Waals surface area contributed by atoms with Crippen LogP contribution in [0.1, 0.15) is 35.6 Å². The lowest BCUT2D eigenvalue weighted by Gasteiger charge is -2.13. The highest BCUT2D eigenvalue weighted by Gasteiger charge is 2.23. The minimum Gasteiger partial charge on any atom is -0.492 e. The number of carbonyl (C=O) groups excluding carboxylic acids is 1. The summed E-state index contributed by atoms with van der Waals surface area (Å²) in [5.74, 6) is 1.09. The topological polar surface area (TPSA) is 73.3 Å². The molecule has 120 valence electrons. The summed E-state index contributed by atoms with van der Waals surface area (Å²) in [7, 11) is 0. The average Bonchev–Trinajstić information content (AvgIpc) is 2.87. The van der Waals surface area contributed by atoms with Gasteiger partial charge in [0.05, 0.1) is 24.2 Å². The van der Waals surface area contributed by atoms with E-state index in [0.29, 0.717) is 18.0 Å².